The van der Waals surface area contributed by atoms with Crippen LogP contribution in [-0.2, 0) is 4.79 Å². The van der Waals surface area contributed by atoms with Gasteiger partial charge in [0.25, 0.3) is 5.56 Å². The van der Waals surface area contributed by atoms with Crippen LogP contribution in [0.5, 0.6) is 0 Å². The van der Waals surface area contributed by atoms with Crippen LogP contribution in [-0.4, -0.2) is 31.7 Å². The second-order valence-corrected chi connectivity index (χ2v) is 6.27. The van der Waals surface area contributed by atoms with E-state index in [4.69, 9.17) is 0 Å². The number of aromatic amines is 1. The fraction of sp³-hybridized carbons (Fsp3) is 0.100. The number of nitrogens with zero attached hydrogens (tertiary/aromatic N) is 3. The molecule has 4 aromatic rings. The second-order valence-electron chi connectivity index (χ2n) is 6.27. The van der Waals surface area contributed by atoms with Gasteiger partial charge in [0, 0.05) is 5.69 Å². The summed E-state index contributed by atoms with van der Waals surface area (Å²) in [5.41, 5.74) is 1.56. The van der Waals surface area contributed by atoms with Gasteiger partial charge in [0.05, 0.1) is 11.9 Å². The van der Waals surface area contributed by atoms with E-state index >= 15 is 0 Å². The summed E-state index contributed by atoms with van der Waals surface area (Å²) in [7, 11) is 0. The molecule has 0 spiro atoms. The van der Waals surface area contributed by atoms with Crippen molar-refractivity contribution in [2.24, 2.45) is 0 Å². The molecule has 0 aliphatic heterocycles. The number of carbonyl (C=O) groups excluding carboxylic acids is 1. The van der Waals surface area contributed by atoms with Crippen molar-refractivity contribution >= 4 is 28.6 Å². The van der Waals surface area contributed by atoms with E-state index in [1.54, 1.807) is 23.7 Å². The van der Waals surface area contributed by atoms with E-state index < -0.39 is 6.04 Å². The van der Waals surface area contributed by atoms with Crippen LogP contribution in [0.25, 0.3) is 16.7 Å². The van der Waals surface area contributed by atoms with Crippen molar-refractivity contribution in [1.82, 2.24) is 19.7 Å². The predicted molar refractivity (Wildman–Crippen MR) is 108 cm³/mol. The van der Waals surface area contributed by atoms with E-state index in [1.165, 1.54) is 6.20 Å². The molecule has 8 heteroatoms. The molecular formula is C20H18N6O2. The third-order valence-corrected chi connectivity index (χ3v) is 4.23. The Balaban J connectivity index is 1.60. The first kappa shape index (κ1) is 17.5. The van der Waals surface area contributed by atoms with Gasteiger partial charge in [-0.2, -0.15) is 10.1 Å². The molecule has 8 nitrogen and oxygen atoms in total. The average Bonchev–Trinajstić information content (AvgIpc) is 3.14. The quantitative estimate of drug-likeness (QED) is 0.498. The number of aromatic nitrogens is 4. The van der Waals surface area contributed by atoms with Gasteiger partial charge >= 0.3 is 0 Å². The van der Waals surface area contributed by atoms with E-state index in [0.717, 1.165) is 5.69 Å². The summed E-state index contributed by atoms with van der Waals surface area (Å²) in [5, 5.41) is 10.4. The van der Waals surface area contributed by atoms with Crippen molar-refractivity contribution in [3.63, 3.8) is 0 Å². The molecule has 1 atom stereocenters. The third-order valence-electron chi connectivity index (χ3n) is 4.23. The third kappa shape index (κ3) is 3.48. The number of hydrogen-bond donors (Lipinski definition) is 3. The monoisotopic (exact) mass is 374 g/mol. The van der Waals surface area contributed by atoms with Gasteiger partial charge in [0.15, 0.2) is 5.65 Å². The second kappa shape index (κ2) is 7.36. The molecule has 2 heterocycles. The Kier molecular flexibility index (Phi) is 4.59. The Bertz CT molecular complexity index is 1170. The van der Waals surface area contributed by atoms with Crippen molar-refractivity contribution in [3.8, 4) is 5.69 Å². The Hall–Kier alpha value is -3.94. The van der Waals surface area contributed by atoms with Crippen LogP contribution in [0, 0.1) is 0 Å². The van der Waals surface area contributed by atoms with Gasteiger partial charge in [-0.1, -0.05) is 36.4 Å². The molecule has 0 radical (unpaired) electrons. The van der Waals surface area contributed by atoms with Gasteiger partial charge in [0.2, 0.25) is 11.9 Å². The molecule has 2 aromatic heterocycles. The maximum atomic E-state index is 12.4. The smallest absolute Gasteiger partial charge is 0.263 e. The summed E-state index contributed by atoms with van der Waals surface area (Å²) >= 11 is 0. The van der Waals surface area contributed by atoms with E-state index in [2.05, 4.69) is 25.7 Å². The molecule has 0 saturated heterocycles. The van der Waals surface area contributed by atoms with Crippen LogP contribution in [0.2, 0.25) is 0 Å². The number of benzene rings is 2. The van der Waals surface area contributed by atoms with Gasteiger partial charge in [-0.25, -0.2) is 4.68 Å². The lowest BCUT2D eigenvalue weighted by Gasteiger charge is -2.14. The molecule has 0 aliphatic carbocycles. The molecule has 140 valence electrons. The number of anilines is 2. The summed E-state index contributed by atoms with van der Waals surface area (Å²) in [6.07, 6.45) is 1.48. The molecule has 4 rings (SSSR count). The Labute approximate surface area is 160 Å². The van der Waals surface area contributed by atoms with Gasteiger partial charge in [-0.3, -0.25) is 14.6 Å². The van der Waals surface area contributed by atoms with E-state index in [9.17, 15) is 9.59 Å². The van der Waals surface area contributed by atoms with E-state index in [1.807, 2.05) is 48.5 Å². The molecule has 28 heavy (non-hydrogen) atoms. The molecule has 1 unspecified atom stereocenters. The topological polar surface area (TPSA) is 105 Å². The van der Waals surface area contributed by atoms with Gasteiger partial charge in [0.1, 0.15) is 11.4 Å². The van der Waals surface area contributed by atoms with Crippen molar-refractivity contribution in [3.05, 3.63) is 77.2 Å². The number of carbonyl (C=O) groups is 1. The largest absolute Gasteiger partial charge is 0.344 e. The number of hydrogen-bond acceptors (Lipinski definition) is 5. The normalized spacial score (nSPS) is 11.9. The highest BCUT2D eigenvalue weighted by molar-refractivity contribution is 5.96. The number of para-hydroxylation sites is 2. The van der Waals surface area contributed by atoms with Crippen LogP contribution < -0.4 is 16.2 Å². The Morgan fingerprint density at radius 1 is 1.07 bits per heavy atom. The first-order valence-corrected chi connectivity index (χ1v) is 8.78. The lowest BCUT2D eigenvalue weighted by Crippen LogP contribution is -2.33. The Morgan fingerprint density at radius 2 is 1.75 bits per heavy atom. The van der Waals surface area contributed by atoms with Crippen LogP contribution in [0.3, 0.4) is 0 Å². The minimum absolute atomic E-state index is 0.200. The summed E-state index contributed by atoms with van der Waals surface area (Å²) in [4.78, 5) is 31.9. The maximum Gasteiger partial charge on any atom is 0.263 e. The van der Waals surface area contributed by atoms with E-state index in [-0.39, 0.29) is 17.4 Å². The summed E-state index contributed by atoms with van der Waals surface area (Å²) in [6.45, 7) is 1.69. The van der Waals surface area contributed by atoms with Crippen LogP contribution in [0.15, 0.2) is 71.7 Å². The zero-order chi connectivity index (χ0) is 19.5. The van der Waals surface area contributed by atoms with E-state index in [0.29, 0.717) is 16.7 Å². The minimum atomic E-state index is -0.617. The molecule has 0 fully saturated rings. The molecular weight excluding hydrogens is 356 g/mol. The number of fused-ring (bicyclic) bond motifs is 1. The molecule has 0 aliphatic rings. The minimum Gasteiger partial charge on any atom is -0.344 e. The first-order chi connectivity index (χ1) is 13.6. The van der Waals surface area contributed by atoms with Crippen LogP contribution >= 0.6 is 0 Å². The molecule has 2 aromatic carbocycles. The zero-order valence-corrected chi connectivity index (χ0v) is 15.1. The van der Waals surface area contributed by atoms with Crippen LogP contribution in [0.1, 0.15) is 6.92 Å². The van der Waals surface area contributed by atoms with Gasteiger partial charge in [-0.15, -0.1) is 0 Å². The van der Waals surface area contributed by atoms with Gasteiger partial charge < -0.3 is 10.6 Å². The molecule has 3 N–H and O–H groups in total. The number of rotatable bonds is 5. The fourth-order valence-corrected chi connectivity index (χ4v) is 2.79. The van der Waals surface area contributed by atoms with Gasteiger partial charge in [-0.05, 0) is 31.2 Å². The number of H-pyrrole nitrogens is 1. The zero-order valence-electron chi connectivity index (χ0n) is 15.1. The molecule has 0 bridgehead atoms. The van der Waals surface area contributed by atoms with Crippen LogP contribution in [0.4, 0.5) is 11.6 Å². The highest BCUT2D eigenvalue weighted by Crippen LogP contribution is 2.15. The average molecular weight is 374 g/mol. The fourth-order valence-electron chi connectivity index (χ4n) is 2.79. The summed E-state index contributed by atoms with van der Waals surface area (Å²) in [5.74, 6) is -0.0450. The predicted octanol–water partition coefficient (Wildman–Crippen LogP) is 2.55. The highest BCUT2D eigenvalue weighted by Gasteiger charge is 2.16. The van der Waals surface area contributed by atoms with Crippen molar-refractivity contribution < 1.29 is 4.79 Å². The number of amides is 1. The first-order valence-electron chi connectivity index (χ1n) is 8.78. The maximum absolute atomic E-state index is 12.4. The Morgan fingerprint density at radius 3 is 2.46 bits per heavy atom. The highest BCUT2D eigenvalue weighted by atomic mass is 16.2. The van der Waals surface area contributed by atoms with Crippen molar-refractivity contribution in [2.45, 2.75) is 13.0 Å². The molecule has 0 saturated carbocycles. The lowest BCUT2D eigenvalue weighted by atomic mass is 10.2. The molecule has 1 amide bonds. The van der Waals surface area contributed by atoms with Crippen molar-refractivity contribution in [1.29, 1.82) is 0 Å². The van der Waals surface area contributed by atoms with Crippen molar-refractivity contribution in [2.75, 3.05) is 10.6 Å². The summed E-state index contributed by atoms with van der Waals surface area (Å²) < 4.78 is 1.59. The SMILES string of the molecule is CC(Nc1nc2c(cnn2-c2ccccc2)c(=O)[nH]1)C(=O)Nc1ccccc1. The number of nitrogens with one attached hydrogen (secondary N) is 3. The summed E-state index contributed by atoms with van der Waals surface area (Å²) in [6, 6.07) is 17.9. The standard InChI is InChI=1S/C20H18N6O2/c1-13(18(27)23-14-8-4-2-5-9-14)22-20-24-17-16(19(28)25-20)12-21-26(17)15-10-6-3-7-11-15/h2-13H,1H3,(H,23,27)(H2,22,24,25,28). The lowest BCUT2D eigenvalue weighted by molar-refractivity contribution is -0.116.